The van der Waals surface area contributed by atoms with Gasteiger partial charge in [0, 0.05) is 24.5 Å². The van der Waals surface area contributed by atoms with Crippen molar-refractivity contribution in [2.24, 2.45) is 0 Å². The van der Waals surface area contributed by atoms with E-state index in [4.69, 9.17) is 5.11 Å². The predicted molar refractivity (Wildman–Crippen MR) is 72.1 cm³/mol. The molecule has 0 aromatic carbocycles. The third-order valence-electron chi connectivity index (χ3n) is 2.13. The van der Waals surface area contributed by atoms with Crippen LogP contribution < -0.4 is 10.0 Å². The van der Waals surface area contributed by atoms with E-state index in [0.717, 1.165) is 6.20 Å². The van der Waals surface area contributed by atoms with Crippen molar-refractivity contribution in [3.8, 4) is 11.8 Å². The number of sulfonamides is 1. The van der Waals surface area contributed by atoms with Gasteiger partial charge in [0.1, 0.15) is 11.5 Å². The molecule has 0 unspecified atom stereocenters. The Morgan fingerprint density at radius 1 is 1.45 bits per heavy atom. The highest BCUT2D eigenvalue weighted by Gasteiger charge is 2.15. The first kappa shape index (κ1) is 16.1. The van der Waals surface area contributed by atoms with E-state index in [2.05, 4.69) is 26.9 Å². The van der Waals surface area contributed by atoms with E-state index < -0.39 is 15.9 Å². The molecule has 108 valence electrons. The van der Waals surface area contributed by atoms with Crippen LogP contribution in [-0.4, -0.2) is 44.1 Å². The molecule has 1 aromatic rings. The number of hydrogen-bond donors (Lipinski definition) is 3. The number of aromatic nitrogens is 1. The van der Waals surface area contributed by atoms with E-state index in [9.17, 15) is 13.2 Å². The van der Waals surface area contributed by atoms with Gasteiger partial charge in [-0.15, -0.1) is 0 Å². The third-order valence-corrected chi connectivity index (χ3v) is 3.50. The molecular weight excluding hydrogens is 282 g/mol. The molecule has 7 nitrogen and oxygen atoms in total. The normalized spacial score (nSPS) is 10.5. The monoisotopic (exact) mass is 297 g/mol. The molecule has 0 saturated heterocycles. The van der Waals surface area contributed by atoms with E-state index in [-0.39, 0.29) is 18.0 Å². The second kappa shape index (κ2) is 7.59. The molecular formula is C12H15N3O4S. The number of carbonyl (C=O) groups excluding carboxylic acids is 1. The van der Waals surface area contributed by atoms with Crippen molar-refractivity contribution >= 4 is 15.9 Å². The summed E-state index contributed by atoms with van der Waals surface area (Å²) in [6.07, 6.45) is 2.54. The number of rotatable bonds is 5. The molecule has 0 radical (unpaired) electrons. The molecule has 0 atom stereocenters. The second-order valence-electron chi connectivity index (χ2n) is 3.65. The second-order valence-corrected chi connectivity index (χ2v) is 5.41. The third kappa shape index (κ3) is 4.97. The van der Waals surface area contributed by atoms with Gasteiger partial charge in [-0.1, -0.05) is 11.8 Å². The maximum absolute atomic E-state index is 11.9. The number of hydrogen-bond acceptors (Lipinski definition) is 5. The Labute approximate surface area is 117 Å². The zero-order valence-electron chi connectivity index (χ0n) is 10.9. The van der Waals surface area contributed by atoms with Crippen molar-refractivity contribution in [3.05, 3.63) is 24.0 Å². The molecule has 0 aliphatic carbocycles. The predicted octanol–water partition coefficient (Wildman–Crippen LogP) is -1.16. The van der Waals surface area contributed by atoms with Gasteiger partial charge in [0.25, 0.3) is 0 Å². The highest BCUT2D eigenvalue weighted by molar-refractivity contribution is 7.89. The fourth-order valence-electron chi connectivity index (χ4n) is 1.28. The van der Waals surface area contributed by atoms with Crippen LogP contribution >= 0.6 is 0 Å². The summed E-state index contributed by atoms with van der Waals surface area (Å²) in [6, 6.07) is 1.32. The molecule has 0 aliphatic heterocycles. The quantitative estimate of drug-likeness (QED) is 0.594. The van der Waals surface area contributed by atoms with E-state index in [1.165, 1.54) is 12.3 Å². The molecule has 0 fully saturated rings. The van der Waals surface area contributed by atoms with Crippen LogP contribution in [0.25, 0.3) is 0 Å². The van der Waals surface area contributed by atoms with Gasteiger partial charge < -0.3 is 10.4 Å². The molecule has 0 bridgehead atoms. The highest BCUT2D eigenvalue weighted by Crippen LogP contribution is 2.08. The van der Waals surface area contributed by atoms with Crippen LogP contribution in [0, 0.1) is 11.8 Å². The standard InChI is InChI=1S/C12H15N3O4S/c1-2-14-12(17)9-15-20(18,19)11-6-10(4-3-5-16)7-13-8-11/h6-8,15-16H,2,5,9H2,1H3,(H,14,17). The van der Waals surface area contributed by atoms with Gasteiger partial charge in [0.15, 0.2) is 0 Å². The summed E-state index contributed by atoms with van der Waals surface area (Å²) >= 11 is 0. The molecule has 1 aromatic heterocycles. The Hall–Kier alpha value is -1.95. The van der Waals surface area contributed by atoms with Crippen LogP contribution in [0.5, 0.6) is 0 Å². The highest BCUT2D eigenvalue weighted by atomic mass is 32.2. The molecule has 0 spiro atoms. The lowest BCUT2D eigenvalue weighted by Crippen LogP contribution is -2.36. The molecule has 8 heteroatoms. The summed E-state index contributed by atoms with van der Waals surface area (Å²) < 4.78 is 26.0. The summed E-state index contributed by atoms with van der Waals surface area (Å²) in [7, 11) is -3.82. The average Bonchev–Trinajstić information content (AvgIpc) is 2.44. The lowest BCUT2D eigenvalue weighted by molar-refractivity contribution is -0.119. The number of aliphatic hydroxyl groups excluding tert-OH is 1. The van der Waals surface area contributed by atoms with Crippen LogP contribution in [0.1, 0.15) is 12.5 Å². The Morgan fingerprint density at radius 2 is 2.20 bits per heavy atom. The van der Waals surface area contributed by atoms with Gasteiger partial charge in [-0.2, -0.15) is 0 Å². The van der Waals surface area contributed by atoms with E-state index in [1.807, 2.05) is 0 Å². The summed E-state index contributed by atoms with van der Waals surface area (Å²) in [5.74, 6) is 4.54. The number of nitrogens with zero attached hydrogens (tertiary/aromatic N) is 1. The van der Waals surface area contributed by atoms with Crippen LogP contribution in [0.15, 0.2) is 23.4 Å². The summed E-state index contributed by atoms with van der Waals surface area (Å²) in [5, 5.41) is 11.1. The largest absolute Gasteiger partial charge is 0.384 e. The van der Waals surface area contributed by atoms with Gasteiger partial charge in [-0.3, -0.25) is 9.78 Å². The van der Waals surface area contributed by atoms with Gasteiger partial charge in [-0.05, 0) is 13.0 Å². The molecule has 1 rings (SSSR count). The van der Waals surface area contributed by atoms with Crippen molar-refractivity contribution in [2.45, 2.75) is 11.8 Å². The number of pyridine rings is 1. The lowest BCUT2D eigenvalue weighted by atomic mass is 10.3. The maximum atomic E-state index is 11.9. The first-order chi connectivity index (χ1) is 9.49. The van der Waals surface area contributed by atoms with E-state index in [1.54, 1.807) is 6.92 Å². The van der Waals surface area contributed by atoms with E-state index in [0.29, 0.717) is 12.1 Å². The van der Waals surface area contributed by atoms with Gasteiger partial charge in [0.2, 0.25) is 15.9 Å². The van der Waals surface area contributed by atoms with Gasteiger partial charge >= 0.3 is 0 Å². The fraction of sp³-hybridized carbons (Fsp3) is 0.333. The summed E-state index contributed by atoms with van der Waals surface area (Å²) in [4.78, 5) is 14.9. The van der Waals surface area contributed by atoms with Crippen LogP contribution in [-0.2, 0) is 14.8 Å². The van der Waals surface area contributed by atoms with Crippen LogP contribution in [0.4, 0.5) is 0 Å². The lowest BCUT2D eigenvalue weighted by Gasteiger charge is -2.06. The number of likely N-dealkylation sites (N-methyl/N-ethyl adjacent to an activating group) is 1. The Balaban J connectivity index is 2.84. The Bertz CT molecular complexity index is 632. The van der Waals surface area contributed by atoms with Crippen molar-refractivity contribution in [1.82, 2.24) is 15.0 Å². The van der Waals surface area contributed by atoms with Crippen LogP contribution in [0.3, 0.4) is 0 Å². The number of carbonyl (C=O) groups is 1. The topological polar surface area (TPSA) is 108 Å². The zero-order valence-corrected chi connectivity index (χ0v) is 11.7. The maximum Gasteiger partial charge on any atom is 0.242 e. The SMILES string of the molecule is CCNC(=O)CNS(=O)(=O)c1cncc(C#CCO)c1. The first-order valence-corrected chi connectivity index (χ1v) is 7.29. The number of aliphatic hydroxyl groups is 1. The fourth-order valence-corrected chi connectivity index (χ4v) is 2.25. The minimum atomic E-state index is -3.82. The van der Waals surface area contributed by atoms with Crippen molar-refractivity contribution in [3.63, 3.8) is 0 Å². The summed E-state index contributed by atoms with van der Waals surface area (Å²) in [5.41, 5.74) is 0.361. The average molecular weight is 297 g/mol. The number of nitrogens with one attached hydrogen (secondary N) is 2. The number of amides is 1. The zero-order chi connectivity index (χ0) is 15.0. The van der Waals surface area contributed by atoms with Crippen molar-refractivity contribution in [1.29, 1.82) is 0 Å². The van der Waals surface area contributed by atoms with Crippen molar-refractivity contribution < 1.29 is 18.3 Å². The van der Waals surface area contributed by atoms with Gasteiger partial charge in [-0.25, -0.2) is 13.1 Å². The molecule has 20 heavy (non-hydrogen) atoms. The van der Waals surface area contributed by atoms with Crippen molar-refractivity contribution in [2.75, 3.05) is 19.7 Å². The molecule has 1 heterocycles. The molecule has 1 amide bonds. The van der Waals surface area contributed by atoms with Crippen LogP contribution in [0.2, 0.25) is 0 Å². The Kier molecular flexibility index (Phi) is 6.11. The molecule has 0 saturated carbocycles. The molecule has 0 aliphatic rings. The summed E-state index contributed by atoms with van der Waals surface area (Å²) in [6.45, 7) is 1.49. The smallest absolute Gasteiger partial charge is 0.242 e. The van der Waals surface area contributed by atoms with E-state index >= 15 is 0 Å². The Morgan fingerprint density at radius 3 is 2.85 bits per heavy atom. The minimum Gasteiger partial charge on any atom is -0.384 e. The minimum absolute atomic E-state index is 0.0912. The first-order valence-electron chi connectivity index (χ1n) is 5.80. The molecule has 3 N–H and O–H groups in total. The van der Waals surface area contributed by atoms with Gasteiger partial charge in [0.05, 0.1) is 6.54 Å².